The molecule has 1 N–H and O–H groups in total. The number of fused-ring (bicyclic) bond motifs is 1. The first-order valence-electron chi connectivity index (χ1n) is 9.93. The smallest absolute Gasteiger partial charge is 0.341 e. The van der Waals surface area contributed by atoms with E-state index in [4.69, 9.17) is 21.1 Å². The fraction of sp³-hybridized carbons (Fsp3) is 0.167. The standard InChI is InChI=1S/C24H21ClN2O4S/c1-4-31-24(29)21-17(14-8-10-15(30-3)11-9-14)13-32-23(21)26-22(28)20-12-16-18(25)6-5-7-19(16)27(20)2/h5-13H,4H2,1-3H3,(H,26,28). The molecule has 32 heavy (non-hydrogen) atoms. The zero-order chi connectivity index (χ0) is 22.8. The monoisotopic (exact) mass is 468 g/mol. The number of carbonyl (C=O) groups excluding carboxylic acids is 2. The van der Waals surface area contributed by atoms with Gasteiger partial charge >= 0.3 is 5.97 Å². The van der Waals surface area contributed by atoms with Crippen LogP contribution < -0.4 is 10.1 Å². The van der Waals surface area contributed by atoms with Gasteiger partial charge in [-0.25, -0.2) is 4.79 Å². The predicted molar refractivity (Wildman–Crippen MR) is 128 cm³/mol. The maximum Gasteiger partial charge on any atom is 0.341 e. The number of rotatable bonds is 6. The van der Waals surface area contributed by atoms with E-state index in [1.54, 1.807) is 37.8 Å². The minimum Gasteiger partial charge on any atom is -0.497 e. The number of benzene rings is 2. The summed E-state index contributed by atoms with van der Waals surface area (Å²) in [6, 6.07) is 14.6. The molecule has 2 heterocycles. The molecule has 0 fully saturated rings. The number of anilines is 1. The number of nitrogens with zero attached hydrogens (tertiary/aromatic N) is 1. The first kappa shape index (κ1) is 21.9. The van der Waals surface area contributed by atoms with Gasteiger partial charge in [0.2, 0.25) is 0 Å². The van der Waals surface area contributed by atoms with Crippen LogP contribution in [0.25, 0.3) is 22.0 Å². The normalized spacial score (nSPS) is 10.9. The second-order valence-corrected chi connectivity index (χ2v) is 8.30. The molecule has 0 saturated carbocycles. The third kappa shape index (κ3) is 3.97. The maximum atomic E-state index is 13.1. The van der Waals surface area contributed by atoms with Crippen LogP contribution in [0.2, 0.25) is 5.02 Å². The third-order valence-corrected chi connectivity index (χ3v) is 6.39. The molecule has 2 aromatic carbocycles. The van der Waals surface area contributed by atoms with Crippen molar-refractivity contribution in [3.63, 3.8) is 0 Å². The molecule has 0 bridgehead atoms. The molecule has 0 atom stereocenters. The number of ether oxygens (including phenoxy) is 2. The molecule has 4 aromatic rings. The van der Waals surface area contributed by atoms with Crippen molar-refractivity contribution in [1.82, 2.24) is 4.57 Å². The molecule has 0 aliphatic heterocycles. The molecule has 0 unspecified atom stereocenters. The van der Waals surface area contributed by atoms with Crippen LogP contribution in [0, 0.1) is 0 Å². The van der Waals surface area contributed by atoms with Crippen molar-refractivity contribution in [3.05, 3.63) is 70.2 Å². The quantitative estimate of drug-likeness (QED) is 0.352. The molecule has 1 amide bonds. The number of carbonyl (C=O) groups is 2. The number of hydrogen-bond donors (Lipinski definition) is 1. The molecule has 2 aromatic heterocycles. The van der Waals surface area contributed by atoms with E-state index in [2.05, 4.69) is 5.32 Å². The lowest BCUT2D eigenvalue weighted by Gasteiger charge is -2.10. The first-order valence-corrected chi connectivity index (χ1v) is 11.2. The highest BCUT2D eigenvalue weighted by atomic mass is 35.5. The zero-order valence-electron chi connectivity index (χ0n) is 17.8. The summed E-state index contributed by atoms with van der Waals surface area (Å²) in [5.74, 6) is -0.118. The number of halogens is 1. The topological polar surface area (TPSA) is 69.6 Å². The first-order chi connectivity index (χ1) is 15.4. The zero-order valence-corrected chi connectivity index (χ0v) is 19.3. The Labute approximate surface area is 194 Å². The van der Waals surface area contributed by atoms with Crippen LogP contribution in [0.5, 0.6) is 5.75 Å². The molecule has 6 nitrogen and oxygen atoms in total. The molecule has 8 heteroatoms. The average Bonchev–Trinajstić information content (AvgIpc) is 3.36. The third-order valence-electron chi connectivity index (χ3n) is 5.16. The van der Waals surface area contributed by atoms with Crippen LogP contribution >= 0.6 is 22.9 Å². The Hall–Kier alpha value is -3.29. The van der Waals surface area contributed by atoms with Crippen molar-refractivity contribution in [2.24, 2.45) is 7.05 Å². The van der Waals surface area contributed by atoms with E-state index in [9.17, 15) is 9.59 Å². The predicted octanol–water partition coefficient (Wildman–Crippen LogP) is 6.00. The van der Waals surface area contributed by atoms with Gasteiger partial charge in [0, 0.05) is 33.9 Å². The summed E-state index contributed by atoms with van der Waals surface area (Å²) in [6.45, 7) is 1.97. The van der Waals surface area contributed by atoms with Gasteiger partial charge in [-0.1, -0.05) is 29.8 Å². The lowest BCUT2D eigenvalue weighted by atomic mass is 10.0. The van der Waals surface area contributed by atoms with Gasteiger partial charge in [0.05, 0.1) is 13.7 Å². The highest BCUT2D eigenvalue weighted by Gasteiger charge is 2.24. The average molecular weight is 469 g/mol. The van der Waals surface area contributed by atoms with E-state index in [0.29, 0.717) is 32.6 Å². The van der Waals surface area contributed by atoms with Gasteiger partial charge in [0.15, 0.2) is 0 Å². The minimum atomic E-state index is -0.491. The van der Waals surface area contributed by atoms with E-state index in [0.717, 1.165) is 16.5 Å². The summed E-state index contributed by atoms with van der Waals surface area (Å²) in [5, 5.41) is 6.51. The second kappa shape index (κ2) is 9.06. The van der Waals surface area contributed by atoms with Crippen molar-refractivity contribution in [1.29, 1.82) is 0 Å². The largest absolute Gasteiger partial charge is 0.497 e. The number of thiophene rings is 1. The van der Waals surface area contributed by atoms with Crippen LogP contribution in [0.4, 0.5) is 5.00 Å². The van der Waals surface area contributed by atoms with Gasteiger partial charge in [-0.2, -0.15) is 0 Å². The lowest BCUT2D eigenvalue weighted by Crippen LogP contribution is -2.17. The van der Waals surface area contributed by atoms with E-state index in [-0.39, 0.29) is 12.5 Å². The molecule has 0 aliphatic rings. The molecule has 0 radical (unpaired) electrons. The van der Waals surface area contributed by atoms with E-state index >= 15 is 0 Å². The van der Waals surface area contributed by atoms with Gasteiger partial charge < -0.3 is 19.4 Å². The molecular formula is C24H21ClN2O4S. The fourth-order valence-corrected chi connectivity index (χ4v) is 4.72. The Morgan fingerprint density at radius 3 is 2.56 bits per heavy atom. The summed E-state index contributed by atoms with van der Waals surface area (Å²) in [6.07, 6.45) is 0. The van der Waals surface area contributed by atoms with Crippen LogP contribution in [-0.4, -0.2) is 30.2 Å². The van der Waals surface area contributed by atoms with Crippen molar-refractivity contribution in [2.45, 2.75) is 6.92 Å². The number of nitrogens with one attached hydrogen (secondary N) is 1. The Morgan fingerprint density at radius 2 is 1.91 bits per heavy atom. The van der Waals surface area contributed by atoms with Crippen LogP contribution in [0.15, 0.2) is 53.9 Å². The summed E-state index contributed by atoms with van der Waals surface area (Å²) >= 11 is 7.56. The van der Waals surface area contributed by atoms with Gasteiger partial charge in [-0.15, -0.1) is 11.3 Å². The molecule has 0 saturated heterocycles. The lowest BCUT2D eigenvalue weighted by molar-refractivity contribution is 0.0529. The van der Waals surface area contributed by atoms with E-state index < -0.39 is 5.97 Å². The number of amides is 1. The van der Waals surface area contributed by atoms with Gasteiger partial charge in [-0.05, 0) is 42.8 Å². The van der Waals surface area contributed by atoms with Gasteiger partial charge in [0.1, 0.15) is 22.0 Å². The molecular weight excluding hydrogens is 448 g/mol. The van der Waals surface area contributed by atoms with Crippen molar-refractivity contribution >= 4 is 50.7 Å². The van der Waals surface area contributed by atoms with Crippen molar-refractivity contribution in [3.8, 4) is 16.9 Å². The second-order valence-electron chi connectivity index (χ2n) is 7.02. The summed E-state index contributed by atoms with van der Waals surface area (Å²) in [5.41, 5.74) is 3.11. The van der Waals surface area contributed by atoms with Crippen LogP contribution in [0.3, 0.4) is 0 Å². The van der Waals surface area contributed by atoms with E-state index in [1.165, 1.54) is 11.3 Å². The summed E-state index contributed by atoms with van der Waals surface area (Å²) in [7, 11) is 3.40. The van der Waals surface area contributed by atoms with Crippen LogP contribution in [0.1, 0.15) is 27.8 Å². The number of aryl methyl sites for hydroxylation is 1. The Morgan fingerprint density at radius 1 is 1.16 bits per heavy atom. The van der Waals surface area contributed by atoms with Crippen molar-refractivity contribution < 1.29 is 19.1 Å². The van der Waals surface area contributed by atoms with Gasteiger partial charge in [0.25, 0.3) is 5.91 Å². The maximum absolute atomic E-state index is 13.1. The van der Waals surface area contributed by atoms with Gasteiger partial charge in [-0.3, -0.25) is 4.79 Å². The Balaban J connectivity index is 1.72. The molecule has 164 valence electrons. The summed E-state index contributed by atoms with van der Waals surface area (Å²) < 4.78 is 12.3. The Kier molecular flexibility index (Phi) is 6.21. The summed E-state index contributed by atoms with van der Waals surface area (Å²) in [4.78, 5) is 25.9. The van der Waals surface area contributed by atoms with Crippen molar-refractivity contribution in [2.75, 3.05) is 19.0 Å². The SMILES string of the molecule is CCOC(=O)c1c(-c2ccc(OC)cc2)csc1NC(=O)c1cc2c(Cl)cccc2n1C. The number of hydrogen-bond acceptors (Lipinski definition) is 5. The van der Waals surface area contributed by atoms with E-state index in [1.807, 2.05) is 41.8 Å². The molecule has 0 spiro atoms. The Bertz CT molecular complexity index is 1310. The number of aromatic nitrogens is 1. The highest BCUT2D eigenvalue weighted by molar-refractivity contribution is 7.15. The highest BCUT2D eigenvalue weighted by Crippen LogP contribution is 2.37. The number of methoxy groups -OCH3 is 1. The number of esters is 1. The molecule has 4 rings (SSSR count). The molecule has 0 aliphatic carbocycles. The minimum absolute atomic E-state index is 0.228. The van der Waals surface area contributed by atoms with Crippen LogP contribution in [-0.2, 0) is 11.8 Å². The fourth-order valence-electron chi connectivity index (χ4n) is 3.55.